The Labute approximate surface area is 108 Å². The van der Waals surface area contributed by atoms with Crippen molar-refractivity contribution in [2.75, 3.05) is 5.32 Å². The lowest BCUT2D eigenvalue weighted by molar-refractivity contribution is -0.117. The summed E-state index contributed by atoms with van der Waals surface area (Å²) in [6.07, 6.45) is 4.89. The fourth-order valence-electron chi connectivity index (χ4n) is 2.65. The van der Waals surface area contributed by atoms with E-state index in [1.807, 2.05) is 24.3 Å². The number of amides is 1. The Hall–Kier alpha value is -1.35. The maximum Gasteiger partial charge on any atom is 0.224 e. The summed E-state index contributed by atoms with van der Waals surface area (Å²) in [5.74, 6) is 0.610. The van der Waals surface area contributed by atoms with Gasteiger partial charge in [-0.05, 0) is 31.7 Å². The van der Waals surface area contributed by atoms with Crippen molar-refractivity contribution >= 4 is 11.6 Å². The lowest BCUT2D eigenvalue weighted by Crippen LogP contribution is -2.16. The average Bonchev–Trinajstić information content (AvgIpc) is 2.82. The molecule has 0 aliphatic heterocycles. The molecule has 3 nitrogen and oxygen atoms in total. The molecule has 1 aromatic rings. The molecule has 1 amide bonds. The quantitative estimate of drug-likeness (QED) is 0.858. The minimum absolute atomic E-state index is 0.0648. The van der Waals surface area contributed by atoms with Gasteiger partial charge in [0, 0.05) is 17.7 Å². The number of carbonyl (C=O) groups is 1. The topological polar surface area (TPSA) is 49.3 Å². The fraction of sp³-hybridized carbons (Fsp3) is 0.533. The molecule has 98 valence electrons. The van der Waals surface area contributed by atoms with Crippen molar-refractivity contribution in [3.8, 4) is 0 Å². The summed E-state index contributed by atoms with van der Waals surface area (Å²) in [6.45, 7) is 1.71. The predicted molar refractivity (Wildman–Crippen MR) is 72.3 cm³/mol. The van der Waals surface area contributed by atoms with Crippen LogP contribution in [0.1, 0.15) is 50.7 Å². The first-order chi connectivity index (χ1) is 8.66. The molecule has 3 heteroatoms. The lowest BCUT2D eigenvalue weighted by atomic mass is 10.0. The van der Waals surface area contributed by atoms with E-state index in [4.69, 9.17) is 0 Å². The zero-order chi connectivity index (χ0) is 13.0. The molecule has 1 atom stereocenters. The molecule has 0 aromatic heterocycles. The summed E-state index contributed by atoms with van der Waals surface area (Å²) in [7, 11) is 0. The highest BCUT2D eigenvalue weighted by molar-refractivity contribution is 5.91. The Kier molecular flexibility index (Phi) is 4.37. The number of hydrogen-bond acceptors (Lipinski definition) is 2. The number of para-hydroxylation sites is 1. The van der Waals surface area contributed by atoms with Gasteiger partial charge in [0.05, 0.1) is 6.10 Å². The highest BCUT2D eigenvalue weighted by Gasteiger charge is 2.19. The van der Waals surface area contributed by atoms with E-state index in [-0.39, 0.29) is 5.91 Å². The number of nitrogens with one attached hydrogen (secondary N) is 1. The minimum Gasteiger partial charge on any atom is -0.389 e. The zero-order valence-corrected chi connectivity index (χ0v) is 10.9. The van der Waals surface area contributed by atoms with Gasteiger partial charge < -0.3 is 10.4 Å². The number of benzene rings is 1. The molecular formula is C15H21NO2. The second-order valence-corrected chi connectivity index (χ2v) is 5.17. The van der Waals surface area contributed by atoms with E-state index in [0.717, 1.165) is 11.3 Å². The van der Waals surface area contributed by atoms with Crippen molar-refractivity contribution in [1.82, 2.24) is 0 Å². The molecule has 0 bridgehead atoms. The molecule has 1 fully saturated rings. The van der Waals surface area contributed by atoms with Crippen LogP contribution in [0.2, 0.25) is 0 Å². The van der Waals surface area contributed by atoms with Crippen LogP contribution in [0.3, 0.4) is 0 Å². The first-order valence-corrected chi connectivity index (χ1v) is 6.73. The lowest BCUT2D eigenvalue weighted by Gasteiger charge is -2.14. The van der Waals surface area contributed by atoms with Gasteiger partial charge in [0.2, 0.25) is 5.91 Å². The number of aliphatic hydroxyl groups excluding tert-OH is 1. The summed E-state index contributed by atoms with van der Waals surface area (Å²) >= 11 is 0. The third kappa shape index (κ3) is 3.33. The molecule has 1 aromatic carbocycles. The average molecular weight is 247 g/mol. The third-order valence-electron chi connectivity index (χ3n) is 3.63. The van der Waals surface area contributed by atoms with Gasteiger partial charge in [-0.15, -0.1) is 0 Å². The third-order valence-corrected chi connectivity index (χ3v) is 3.63. The van der Waals surface area contributed by atoms with E-state index >= 15 is 0 Å². The Balaban J connectivity index is 1.97. The Morgan fingerprint density at radius 3 is 2.72 bits per heavy atom. The summed E-state index contributed by atoms with van der Waals surface area (Å²) < 4.78 is 0. The van der Waals surface area contributed by atoms with Crippen LogP contribution in [0.5, 0.6) is 0 Å². The Morgan fingerprint density at radius 2 is 2.06 bits per heavy atom. The van der Waals surface area contributed by atoms with Crippen LogP contribution in [0.25, 0.3) is 0 Å². The number of anilines is 1. The number of hydrogen-bond donors (Lipinski definition) is 2. The van der Waals surface area contributed by atoms with E-state index in [0.29, 0.717) is 12.3 Å². The van der Waals surface area contributed by atoms with E-state index in [1.54, 1.807) is 6.92 Å². The molecule has 18 heavy (non-hydrogen) atoms. The van der Waals surface area contributed by atoms with Crippen molar-refractivity contribution in [1.29, 1.82) is 0 Å². The maximum absolute atomic E-state index is 12.0. The van der Waals surface area contributed by atoms with Crippen LogP contribution < -0.4 is 5.32 Å². The second kappa shape index (κ2) is 6.01. The molecule has 1 unspecified atom stereocenters. The molecule has 1 saturated carbocycles. The van der Waals surface area contributed by atoms with E-state index in [1.165, 1.54) is 25.7 Å². The van der Waals surface area contributed by atoms with Crippen molar-refractivity contribution < 1.29 is 9.90 Å². The van der Waals surface area contributed by atoms with Crippen LogP contribution >= 0.6 is 0 Å². The van der Waals surface area contributed by atoms with Crippen molar-refractivity contribution in [2.45, 2.75) is 45.1 Å². The van der Waals surface area contributed by atoms with Gasteiger partial charge in [-0.2, -0.15) is 0 Å². The van der Waals surface area contributed by atoms with E-state index in [9.17, 15) is 9.90 Å². The standard InChI is InChI=1S/C15H21NO2/c1-11(17)13-8-4-5-9-14(13)16-15(18)10-12-6-2-3-7-12/h4-5,8-9,11-12,17H,2-3,6-7,10H2,1H3,(H,16,18). The highest BCUT2D eigenvalue weighted by Crippen LogP contribution is 2.28. The van der Waals surface area contributed by atoms with Crippen molar-refractivity contribution in [3.05, 3.63) is 29.8 Å². The van der Waals surface area contributed by atoms with E-state index < -0.39 is 6.10 Å². The molecule has 1 aliphatic rings. The van der Waals surface area contributed by atoms with E-state index in [2.05, 4.69) is 5.32 Å². The zero-order valence-electron chi connectivity index (χ0n) is 10.9. The number of aliphatic hydroxyl groups is 1. The molecule has 0 heterocycles. The van der Waals surface area contributed by atoms with Crippen LogP contribution in [0.4, 0.5) is 5.69 Å². The molecular weight excluding hydrogens is 226 g/mol. The molecule has 1 aliphatic carbocycles. The summed E-state index contributed by atoms with van der Waals surface area (Å²) in [4.78, 5) is 12.0. The summed E-state index contributed by atoms with van der Waals surface area (Å²) in [5.41, 5.74) is 1.51. The minimum atomic E-state index is -0.562. The SMILES string of the molecule is CC(O)c1ccccc1NC(=O)CC1CCCC1. The first kappa shape index (κ1) is 13.1. The number of rotatable bonds is 4. The molecule has 2 rings (SSSR count). The van der Waals surface area contributed by atoms with Crippen molar-refractivity contribution in [2.24, 2.45) is 5.92 Å². The molecule has 0 spiro atoms. The van der Waals surface area contributed by atoms with Crippen molar-refractivity contribution in [3.63, 3.8) is 0 Å². The smallest absolute Gasteiger partial charge is 0.224 e. The maximum atomic E-state index is 12.0. The van der Waals surface area contributed by atoms with Gasteiger partial charge in [0.1, 0.15) is 0 Å². The summed E-state index contributed by atoms with van der Waals surface area (Å²) in [5, 5.41) is 12.6. The molecule has 0 saturated heterocycles. The van der Waals surface area contributed by atoms with Gasteiger partial charge in [-0.3, -0.25) is 4.79 Å². The largest absolute Gasteiger partial charge is 0.389 e. The second-order valence-electron chi connectivity index (χ2n) is 5.17. The Bertz CT molecular complexity index is 409. The van der Waals surface area contributed by atoms with Crippen LogP contribution in [0, 0.1) is 5.92 Å². The normalized spacial score (nSPS) is 17.7. The molecule has 2 N–H and O–H groups in total. The number of carbonyl (C=O) groups excluding carboxylic acids is 1. The highest BCUT2D eigenvalue weighted by atomic mass is 16.3. The van der Waals surface area contributed by atoms with Crippen LogP contribution in [-0.4, -0.2) is 11.0 Å². The van der Waals surface area contributed by atoms with Gasteiger partial charge in [0.25, 0.3) is 0 Å². The monoisotopic (exact) mass is 247 g/mol. The summed E-state index contributed by atoms with van der Waals surface area (Å²) in [6, 6.07) is 7.43. The van der Waals surface area contributed by atoms with Gasteiger partial charge >= 0.3 is 0 Å². The Morgan fingerprint density at radius 1 is 1.39 bits per heavy atom. The first-order valence-electron chi connectivity index (χ1n) is 6.73. The fourth-order valence-corrected chi connectivity index (χ4v) is 2.65. The van der Waals surface area contributed by atoms with Crippen LogP contribution in [0.15, 0.2) is 24.3 Å². The van der Waals surface area contributed by atoms with Gasteiger partial charge in [-0.1, -0.05) is 31.0 Å². The molecule has 0 radical (unpaired) electrons. The van der Waals surface area contributed by atoms with Crippen LogP contribution in [-0.2, 0) is 4.79 Å². The van der Waals surface area contributed by atoms with Gasteiger partial charge in [-0.25, -0.2) is 0 Å². The predicted octanol–water partition coefficient (Wildman–Crippen LogP) is 3.26. The van der Waals surface area contributed by atoms with Gasteiger partial charge in [0.15, 0.2) is 0 Å².